The van der Waals surface area contributed by atoms with Crippen LogP contribution in [0.25, 0.3) is 0 Å². The zero-order chi connectivity index (χ0) is 11.4. The van der Waals surface area contributed by atoms with Crippen LogP contribution in [-0.4, -0.2) is 35.2 Å². The molecule has 2 rings (SSSR count). The topological polar surface area (TPSA) is 49.5 Å². The first kappa shape index (κ1) is 11.6. The van der Waals surface area contributed by atoms with Crippen LogP contribution in [-0.2, 0) is 6.54 Å². The van der Waals surface area contributed by atoms with Crippen LogP contribution in [0.1, 0.15) is 18.4 Å². The third kappa shape index (κ3) is 2.61. The lowest BCUT2D eigenvalue weighted by molar-refractivity contribution is 0.164. The Balaban J connectivity index is 1.99. The molecule has 0 bridgehead atoms. The molecule has 0 saturated carbocycles. The summed E-state index contributed by atoms with van der Waals surface area (Å²) in [5.74, 6) is 0. The highest BCUT2D eigenvalue weighted by molar-refractivity contribution is 5.15. The van der Waals surface area contributed by atoms with E-state index in [1.807, 2.05) is 6.07 Å². The molecule has 16 heavy (non-hydrogen) atoms. The monoisotopic (exact) mass is 220 g/mol. The molecule has 1 fully saturated rings. The maximum atomic E-state index is 9.13. The first-order chi connectivity index (χ1) is 7.81. The van der Waals surface area contributed by atoms with Crippen molar-refractivity contribution >= 4 is 0 Å². The summed E-state index contributed by atoms with van der Waals surface area (Å²) >= 11 is 0. The summed E-state index contributed by atoms with van der Waals surface area (Å²) in [6, 6.07) is 10.7. The smallest absolute Gasteiger partial charge is 0.0597 e. The molecule has 0 radical (unpaired) electrons. The molecule has 1 saturated heterocycles. The first-order valence-electron chi connectivity index (χ1n) is 5.95. The number of hydrogen-bond acceptors (Lipinski definition) is 3. The van der Waals surface area contributed by atoms with Crippen LogP contribution in [0.3, 0.4) is 0 Å². The van der Waals surface area contributed by atoms with Gasteiger partial charge in [-0.2, -0.15) is 0 Å². The highest BCUT2D eigenvalue weighted by Crippen LogP contribution is 2.21. The Morgan fingerprint density at radius 2 is 2.12 bits per heavy atom. The molecule has 2 atom stereocenters. The zero-order valence-corrected chi connectivity index (χ0v) is 9.55. The van der Waals surface area contributed by atoms with Gasteiger partial charge in [-0.15, -0.1) is 0 Å². The normalized spacial score (nSPS) is 23.5. The van der Waals surface area contributed by atoms with Gasteiger partial charge in [-0.3, -0.25) is 4.90 Å². The second kappa shape index (κ2) is 5.43. The van der Waals surface area contributed by atoms with Gasteiger partial charge < -0.3 is 10.8 Å². The average molecular weight is 220 g/mol. The minimum atomic E-state index is -0.105. The summed E-state index contributed by atoms with van der Waals surface area (Å²) in [5.41, 5.74) is 7.25. The van der Waals surface area contributed by atoms with Crippen molar-refractivity contribution in [3.8, 4) is 0 Å². The molecule has 0 amide bonds. The number of aliphatic hydroxyl groups excluding tert-OH is 1. The summed E-state index contributed by atoms with van der Waals surface area (Å²) in [7, 11) is 0. The van der Waals surface area contributed by atoms with E-state index in [0.717, 1.165) is 19.5 Å². The Morgan fingerprint density at radius 3 is 2.81 bits per heavy atom. The highest BCUT2D eigenvalue weighted by atomic mass is 16.3. The lowest BCUT2D eigenvalue weighted by atomic mass is 10.1. The van der Waals surface area contributed by atoms with E-state index >= 15 is 0 Å². The molecule has 0 aromatic heterocycles. The molecule has 1 heterocycles. The molecule has 3 nitrogen and oxygen atoms in total. The predicted octanol–water partition coefficient (Wildman–Crippen LogP) is 0.971. The van der Waals surface area contributed by atoms with Gasteiger partial charge in [0, 0.05) is 18.6 Å². The third-order valence-electron chi connectivity index (χ3n) is 3.35. The van der Waals surface area contributed by atoms with Crippen LogP contribution in [0.4, 0.5) is 0 Å². The van der Waals surface area contributed by atoms with Crippen molar-refractivity contribution in [1.82, 2.24) is 4.90 Å². The molecular formula is C13H20N2O. The van der Waals surface area contributed by atoms with Crippen molar-refractivity contribution in [3.63, 3.8) is 0 Å². The Hall–Kier alpha value is -0.900. The molecule has 0 spiro atoms. The SMILES string of the molecule is N[C@H](CO)C1CCCN1Cc1ccccc1. The van der Waals surface area contributed by atoms with Crippen molar-refractivity contribution in [3.05, 3.63) is 35.9 Å². The van der Waals surface area contributed by atoms with E-state index in [1.54, 1.807) is 0 Å². The van der Waals surface area contributed by atoms with Crippen LogP contribution < -0.4 is 5.73 Å². The first-order valence-corrected chi connectivity index (χ1v) is 5.95. The van der Waals surface area contributed by atoms with Crippen LogP contribution in [0.5, 0.6) is 0 Å². The van der Waals surface area contributed by atoms with Crippen LogP contribution in [0.2, 0.25) is 0 Å². The molecule has 1 aliphatic rings. The summed E-state index contributed by atoms with van der Waals surface area (Å²) in [4.78, 5) is 2.39. The second-order valence-corrected chi connectivity index (χ2v) is 4.51. The molecule has 88 valence electrons. The van der Waals surface area contributed by atoms with Gasteiger partial charge in [-0.25, -0.2) is 0 Å². The van der Waals surface area contributed by atoms with E-state index in [-0.39, 0.29) is 12.6 Å². The molecule has 3 heteroatoms. The standard InChI is InChI=1S/C13H20N2O/c14-12(10-16)13-7-4-8-15(13)9-11-5-2-1-3-6-11/h1-3,5-6,12-13,16H,4,7-10,14H2/t12-,13?/m1/s1. The molecule has 1 aliphatic heterocycles. The van der Waals surface area contributed by atoms with Gasteiger partial charge >= 0.3 is 0 Å². The van der Waals surface area contributed by atoms with Crippen molar-refractivity contribution in [2.75, 3.05) is 13.2 Å². The van der Waals surface area contributed by atoms with E-state index in [9.17, 15) is 0 Å². The van der Waals surface area contributed by atoms with Crippen LogP contribution in [0.15, 0.2) is 30.3 Å². The second-order valence-electron chi connectivity index (χ2n) is 4.51. The minimum Gasteiger partial charge on any atom is -0.395 e. The summed E-state index contributed by atoms with van der Waals surface area (Å²) in [5, 5.41) is 9.13. The molecule has 1 aromatic rings. The highest BCUT2D eigenvalue weighted by Gasteiger charge is 2.28. The van der Waals surface area contributed by atoms with Gasteiger partial charge in [0.25, 0.3) is 0 Å². The van der Waals surface area contributed by atoms with E-state index < -0.39 is 0 Å². The lowest BCUT2D eigenvalue weighted by Gasteiger charge is -2.28. The van der Waals surface area contributed by atoms with Crippen LogP contribution in [0, 0.1) is 0 Å². The summed E-state index contributed by atoms with van der Waals surface area (Å²) in [6.07, 6.45) is 2.29. The largest absolute Gasteiger partial charge is 0.395 e. The van der Waals surface area contributed by atoms with Gasteiger partial charge in [0.2, 0.25) is 0 Å². The van der Waals surface area contributed by atoms with Gasteiger partial charge in [-0.05, 0) is 24.9 Å². The number of benzene rings is 1. The fourth-order valence-electron chi connectivity index (χ4n) is 2.47. The van der Waals surface area contributed by atoms with Gasteiger partial charge in [-0.1, -0.05) is 30.3 Å². The number of aliphatic hydroxyl groups is 1. The van der Waals surface area contributed by atoms with Crippen molar-refractivity contribution < 1.29 is 5.11 Å². The number of nitrogens with two attached hydrogens (primary N) is 1. The fourth-order valence-corrected chi connectivity index (χ4v) is 2.47. The number of hydrogen-bond donors (Lipinski definition) is 2. The minimum absolute atomic E-state index is 0.0793. The Morgan fingerprint density at radius 1 is 1.38 bits per heavy atom. The Kier molecular flexibility index (Phi) is 3.93. The quantitative estimate of drug-likeness (QED) is 0.795. The number of likely N-dealkylation sites (tertiary alicyclic amines) is 1. The molecule has 3 N–H and O–H groups in total. The zero-order valence-electron chi connectivity index (χ0n) is 9.55. The van der Waals surface area contributed by atoms with Gasteiger partial charge in [0.15, 0.2) is 0 Å². The summed E-state index contributed by atoms with van der Waals surface area (Å²) in [6.45, 7) is 2.11. The predicted molar refractivity (Wildman–Crippen MR) is 64.9 cm³/mol. The fraction of sp³-hybridized carbons (Fsp3) is 0.538. The van der Waals surface area contributed by atoms with Crippen molar-refractivity contribution in [2.24, 2.45) is 5.73 Å². The van der Waals surface area contributed by atoms with E-state index in [0.29, 0.717) is 6.04 Å². The summed E-state index contributed by atoms with van der Waals surface area (Å²) < 4.78 is 0. The van der Waals surface area contributed by atoms with E-state index in [4.69, 9.17) is 10.8 Å². The van der Waals surface area contributed by atoms with E-state index in [1.165, 1.54) is 12.0 Å². The van der Waals surface area contributed by atoms with Crippen molar-refractivity contribution in [1.29, 1.82) is 0 Å². The maximum absolute atomic E-state index is 9.13. The maximum Gasteiger partial charge on any atom is 0.0597 e. The molecule has 1 unspecified atom stereocenters. The Labute approximate surface area is 96.9 Å². The van der Waals surface area contributed by atoms with Crippen molar-refractivity contribution in [2.45, 2.75) is 31.5 Å². The van der Waals surface area contributed by atoms with Gasteiger partial charge in [0.05, 0.1) is 6.61 Å². The van der Waals surface area contributed by atoms with Gasteiger partial charge in [0.1, 0.15) is 0 Å². The number of rotatable bonds is 4. The molecule has 1 aromatic carbocycles. The number of nitrogens with zero attached hydrogens (tertiary/aromatic N) is 1. The van der Waals surface area contributed by atoms with E-state index in [2.05, 4.69) is 29.2 Å². The average Bonchev–Trinajstić information content (AvgIpc) is 2.77. The Bertz CT molecular complexity index is 315. The molecule has 0 aliphatic carbocycles. The molecular weight excluding hydrogens is 200 g/mol. The van der Waals surface area contributed by atoms with Crippen LogP contribution >= 0.6 is 0 Å². The lowest BCUT2D eigenvalue weighted by Crippen LogP contribution is -2.45. The third-order valence-corrected chi connectivity index (χ3v) is 3.35.